The van der Waals surface area contributed by atoms with Gasteiger partial charge in [0.1, 0.15) is 17.6 Å². The highest BCUT2D eigenvalue weighted by atomic mass is 35.5. The normalized spacial score (nSPS) is 11.6. The first kappa shape index (κ1) is 20.7. The molecular formula is C20H22ClFN2O3. The van der Waals surface area contributed by atoms with Crippen molar-refractivity contribution in [2.24, 2.45) is 0 Å². The third-order valence-corrected chi connectivity index (χ3v) is 4.17. The summed E-state index contributed by atoms with van der Waals surface area (Å²) >= 11 is 6.02. The van der Waals surface area contributed by atoms with Crippen molar-refractivity contribution < 1.29 is 18.7 Å². The van der Waals surface area contributed by atoms with Crippen LogP contribution in [0.15, 0.2) is 48.5 Å². The Morgan fingerprint density at radius 1 is 1.22 bits per heavy atom. The number of hydrogen-bond acceptors (Lipinski definition) is 3. The van der Waals surface area contributed by atoms with Crippen molar-refractivity contribution in [3.05, 3.63) is 64.9 Å². The van der Waals surface area contributed by atoms with Crippen LogP contribution in [0.25, 0.3) is 0 Å². The second kappa shape index (κ2) is 9.92. The number of halogens is 2. The van der Waals surface area contributed by atoms with Gasteiger partial charge in [-0.2, -0.15) is 0 Å². The van der Waals surface area contributed by atoms with Gasteiger partial charge in [-0.3, -0.25) is 9.59 Å². The van der Waals surface area contributed by atoms with Gasteiger partial charge in [-0.15, -0.1) is 0 Å². The molecule has 0 aromatic heterocycles. The van der Waals surface area contributed by atoms with Crippen LogP contribution in [0.4, 0.5) is 4.39 Å². The molecule has 0 saturated carbocycles. The molecule has 5 nitrogen and oxygen atoms in total. The standard InChI is InChI=1S/C20H22ClFN2O3/c1-3-23-20(26)14(2)24(12-15-5-4-6-16(21)11-15)19(25)13-27-18-9-7-17(22)8-10-18/h4-11,14H,3,12-13H2,1-2H3,(H,23,26)/t14-/m1/s1. The Morgan fingerprint density at radius 2 is 1.93 bits per heavy atom. The molecule has 7 heteroatoms. The van der Waals surface area contributed by atoms with Crippen LogP contribution in [0.1, 0.15) is 19.4 Å². The van der Waals surface area contributed by atoms with E-state index in [4.69, 9.17) is 16.3 Å². The Morgan fingerprint density at radius 3 is 2.56 bits per heavy atom. The van der Waals surface area contributed by atoms with Gasteiger partial charge in [0.15, 0.2) is 6.61 Å². The SMILES string of the molecule is CCNC(=O)[C@@H](C)N(Cc1cccc(Cl)c1)C(=O)COc1ccc(F)cc1. The van der Waals surface area contributed by atoms with Gasteiger partial charge in [-0.1, -0.05) is 23.7 Å². The van der Waals surface area contributed by atoms with E-state index in [1.165, 1.54) is 29.2 Å². The molecule has 2 aromatic carbocycles. The summed E-state index contributed by atoms with van der Waals surface area (Å²) in [6.45, 7) is 3.88. The molecule has 0 unspecified atom stereocenters. The van der Waals surface area contributed by atoms with E-state index < -0.39 is 6.04 Å². The molecule has 2 rings (SSSR count). The second-order valence-corrected chi connectivity index (χ2v) is 6.40. The minimum atomic E-state index is -0.687. The number of ether oxygens (including phenoxy) is 1. The van der Waals surface area contributed by atoms with Crippen LogP contribution in [-0.4, -0.2) is 35.9 Å². The molecule has 2 aromatic rings. The molecule has 0 saturated heterocycles. The monoisotopic (exact) mass is 392 g/mol. The fraction of sp³-hybridized carbons (Fsp3) is 0.300. The number of nitrogens with one attached hydrogen (secondary N) is 1. The van der Waals surface area contributed by atoms with E-state index in [0.29, 0.717) is 17.3 Å². The fourth-order valence-corrected chi connectivity index (χ4v) is 2.71. The fourth-order valence-electron chi connectivity index (χ4n) is 2.50. The van der Waals surface area contributed by atoms with E-state index in [0.717, 1.165) is 5.56 Å². The quantitative estimate of drug-likeness (QED) is 0.749. The van der Waals surface area contributed by atoms with Crippen molar-refractivity contribution in [2.45, 2.75) is 26.4 Å². The average molecular weight is 393 g/mol. The summed E-state index contributed by atoms with van der Waals surface area (Å²) in [5.41, 5.74) is 0.800. The van der Waals surface area contributed by atoms with Gasteiger partial charge in [0.05, 0.1) is 0 Å². The van der Waals surface area contributed by atoms with E-state index in [1.54, 1.807) is 25.1 Å². The Kier molecular flexibility index (Phi) is 7.61. The number of rotatable bonds is 8. The summed E-state index contributed by atoms with van der Waals surface area (Å²) in [6, 6.07) is 11.8. The highest BCUT2D eigenvalue weighted by Crippen LogP contribution is 2.16. The molecule has 0 radical (unpaired) electrons. The molecule has 0 aliphatic heterocycles. The minimum Gasteiger partial charge on any atom is -0.484 e. The first-order chi connectivity index (χ1) is 12.9. The third-order valence-electron chi connectivity index (χ3n) is 3.94. The third kappa shape index (κ3) is 6.25. The topological polar surface area (TPSA) is 58.6 Å². The van der Waals surface area contributed by atoms with Crippen molar-refractivity contribution >= 4 is 23.4 Å². The summed E-state index contributed by atoms with van der Waals surface area (Å²) < 4.78 is 18.4. The van der Waals surface area contributed by atoms with Crippen molar-refractivity contribution in [3.63, 3.8) is 0 Å². The maximum absolute atomic E-state index is 13.0. The zero-order valence-corrected chi connectivity index (χ0v) is 16.0. The number of nitrogens with zero attached hydrogens (tertiary/aromatic N) is 1. The average Bonchev–Trinajstić information content (AvgIpc) is 2.65. The molecule has 144 valence electrons. The number of hydrogen-bond donors (Lipinski definition) is 1. The summed E-state index contributed by atoms with van der Waals surface area (Å²) in [4.78, 5) is 26.4. The largest absolute Gasteiger partial charge is 0.484 e. The van der Waals surface area contributed by atoms with Gasteiger partial charge in [0.2, 0.25) is 5.91 Å². The van der Waals surface area contributed by atoms with Crippen molar-refractivity contribution in [3.8, 4) is 5.75 Å². The van der Waals surface area contributed by atoms with Gasteiger partial charge in [-0.05, 0) is 55.8 Å². The van der Waals surface area contributed by atoms with Crippen LogP contribution in [0.5, 0.6) is 5.75 Å². The maximum atomic E-state index is 13.0. The van der Waals surface area contributed by atoms with Crippen molar-refractivity contribution in [1.82, 2.24) is 10.2 Å². The lowest BCUT2D eigenvalue weighted by atomic mass is 10.1. The molecule has 0 fully saturated rings. The predicted octanol–water partition coefficient (Wildman–Crippen LogP) is 3.41. The first-order valence-electron chi connectivity index (χ1n) is 8.60. The summed E-state index contributed by atoms with van der Waals surface area (Å²) in [5, 5.41) is 3.27. The Balaban J connectivity index is 2.12. The van der Waals surface area contributed by atoms with Crippen LogP contribution in [0.2, 0.25) is 5.02 Å². The van der Waals surface area contributed by atoms with Crippen molar-refractivity contribution in [2.75, 3.05) is 13.2 Å². The number of amides is 2. The summed E-state index contributed by atoms with van der Waals surface area (Å²) in [5.74, 6) is -0.632. The van der Waals surface area contributed by atoms with Gasteiger partial charge in [0.25, 0.3) is 5.91 Å². The molecule has 0 spiro atoms. The lowest BCUT2D eigenvalue weighted by Crippen LogP contribution is -2.49. The smallest absolute Gasteiger partial charge is 0.261 e. The molecule has 2 amide bonds. The first-order valence-corrected chi connectivity index (χ1v) is 8.98. The molecule has 0 heterocycles. The molecule has 0 bridgehead atoms. The van der Waals surface area contributed by atoms with E-state index in [1.807, 2.05) is 13.0 Å². The lowest BCUT2D eigenvalue weighted by molar-refractivity contribution is -0.142. The minimum absolute atomic E-state index is 0.213. The Labute approximate surface area is 163 Å². The summed E-state index contributed by atoms with van der Waals surface area (Å²) in [6.07, 6.45) is 0. The van der Waals surface area contributed by atoms with Crippen LogP contribution < -0.4 is 10.1 Å². The van der Waals surface area contributed by atoms with E-state index in [-0.39, 0.29) is 30.8 Å². The van der Waals surface area contributed by atoms with Crippen LogP contribution >= 0.6 is 11.6 Å². The van der Waals surface area contributed by atoms with Crippen LogP contribution in [-0.2, 0) is 16.1 Å². The van der Waals surface area contributed by atoms with Gasteiger partial charge in [0, 0.05) is 18.1 Å². The number of carbonyl (C=O) groups excluding carboxylic acids is 2. The molecule has 1 N–H and O–H groups in total. The summed E-state index contributed by atoms with van der Waals surface area (Å²) in [7, 11) is 0. The number of carbonyl (C=O) groups is 2. The van der Waals surface area contributed by atoms with Crippen LogP contribution in [0.3, 0.4) is 0 Å². The van der Waals surface area contributed by atoms with E-state index in [9.17, 15) is 14.0 Å². The predicted molar refractivity (Wildman–Crippen MR) is 102 cm³/mol. The van der Waals surface area contributed by atoms with E-state index >= 15 is 0 Å². The molecule has 27 heavy (non-hydrogen) atoms. The van der Waals surface area contributed by atoms with Crippen molar-refractivity contribution in [1.29, 1.82) is 0 Å². The van der Waals surface area contributed by atoms with Gasteiger partial charge < -0.3 is 15.0 Å². The number of benzene rings is 2. The maximum Gasteiger partial charge on any atom is 0.261 e. The number of likely N-dealkylation sites (N-methyl/N-ethyl adjacent to an activating group) is 1. The van der Waals surface area contributed by atoms with Crippen LogP contribution in [0, 0.1) is 5.82 Å². The van der Waals surface area contributed by atoms with Gasteiger partial charge >= 0.3 is 0 Å². The zero-order valence-electron chi connectivity index (χ0n) is 15.2. The van der Waals surface area contributed by atoms with Gasteiger partial charge in [-0.25, -0.2) is 4.39 Å². The molecular weight excluding hydrogens is 371 g/mol. The Bertz CT molecular complexity index is 783. The molecule has 0 aliphatic rings. The second-order valence-electron chi connectivity index (χ2n) is 5.96. The molecule has 0 aliphatic carbocycles. The highest BCUT2D eigenvalue weighted by molar-refractivity contribution is 6.30. The lowest BCUT2D eigenvalue weighted by Gasteiger charge is -2.28. The zero-order chi connectivity index (χ0) is 19.8. The molecule has 1 atom stereocenters. The Hall–Kier alpha value is -2.60. The highest BCUT2D eigenvalue weighted by Gasteiger charge is 2.26. The van der Waals surface area contributed by atoms with E-state index in [2.05, 4.69) is 5.32 Å².